The van der Waals surface area contributed by atoms with Gasteiger partial charge in [0.05, 0.1) is 5.56 Å². The molecule has 1 amide bonds. The van der Waals surface area contributed by atoms with Crippen LogP contribution in [-0.4, -0.2) is 16.9 Å². The first-order valence-electron chi connectivity index (χ1n) is 11.7. The lowest BCUT2D eigenvalue weighted by Crippen LogP contribution is -2.23. The first-order chi connectivity index (χ1) is 17.0. The standard InChI is InChI=1S/C29H26N2O3S/c1-18(2)20-10-8-19(9-11-20)14-24-17-30-29(35-24)31-27(32)22-12-13-25-23(15-22)16-26(34-28(25)33)21-6-4-3-5-7-21/h3-13,15,17-18,26H,14,16H2,1-2H3,(H,30,31,32)/t26-/m0/s1. The summed E-state index contributed by atoms with van der Waals surface area (Å²) >= 11 is 1.47. The second kappa shape index (κ2) is 9.84. The molecule has 35 heavy (non-hydrogen) atoms. The van der Waals surface area contributed by atoms with Gasteiger partial charge < -0.3 is 4.74 Å². The van der Waals surface area contributed by atoms with Gasteiger partial charge in [-0.2, -0.15) is 0 Å². The van der Waals surface area contributed by atoms with Crippen molar-refractivity contribution in [2.45, 2.75) is 38.7 Å². The van der Waals surface area contributed by atoms with Crippen molar-refractivity contribution in [1.29, 1.82) is 0 Å². The minimum absolute atomic E-state index is 0.245. The average molecular weight is 483 g/mol. The molecule has 0 unspecified atom stereocenters. The van der Waals surface area contributed by atoms with E-state index in [1.54, 1.807) is 18.2 Å². The fraction of sp³-hybridized carbons (Fsp3) is 0.207. The Bertz CT molecular complexity index is 1360. The third-order valence-corrected chi connectivity index (χ3v) is 7.12. The molecule has 0 fully saturated rings. The molecule has 5 rings (SSSR count). The molecule has 4 aromatic rings. The Hall–Kier alpha value is -3.77. The number of fused-ring (bicyclic) bond motifs is 1. The highest BCUT2D eigenvalue weighted by Crippen LogP contribution is 2.31. The summed E-state index contributed by atoms with van der Waals surface area (Å²) in [5, 5.41) is 3.46. The smallest absolute Gasteiger partial charge is 0.339 e. The van der Waals surface area contributed by atoms with Crippen molar-refractivity contribution in [3.05, 3.63) is 117 Å². The van der Waals surface area contributed by atoms with Crippen LogP contribution in [0.4, 0.5) is 5.13 Å². The molecule has 1 atom stereocenters. The van der Waals surface area contributed by atoms with Crippen LogP contribution in [0.2, 0.25) is 0 Å². The molecule has 6 heteroatoms. The molecular formula is C29H26N2O3S. The summed E-state index contributed by atoms with van der Waals surface area (Å²) in [6, 6.07) is 23.4. The zero-order valence-electron chi connectivity index (χ0n) is 19.7. The Kier molecular flexibility index (Phi) is 6.47. The lowest BCUT2D eigenvalue weighted by Gasteiger charge is -2.25. The van der Waals surface area contributed by atoms with Crippen molar-refractivity contribution in [3.8, 4) is 0 Å². The van der Waals surface area contributed by atoms with Gasteiger partial charge >= 0.3 is 5.97 Å². The lowest BCUT2D eigenvalue weighted by atomic mass is 9.93. The Labute approximate surface area is 208 Å². The molecular weight excluding hydrogens is 456 g/mol. The maximum absolute atomic E-state index is 12.9. The quantitative estimate of drug-likeness (QED) is 0.316. The number of cyclic esters (lactones) is 1. The van der Waals surface area contributed by atoms with E-state index < -0.39 is 0 Å². The number of rotatable bonds is 6. The molecule has 5 nitrogen and oxygen atoms in total. The zero-order chi connectivity index (χ0) is 24.4. The molecule has 3 aromatic carbocycles. The normalized spacial score (nSPS) is 14.9. The highest BCUT2D eigenvalue weighted by molar-refractivity contribution is 7.15. The highest BCUT2D eigenvalue weighted by atomic mass is 32.1. The van der Waals surface area contributed by atoms with Crippen molar-refractivity contribution in [2.75, 3.05) is 5.32 Å². The number of amides is 1. The number of benzene rings is 3. The van der Waals surface area contributed by atoms with Gasteiger partial charge in [0.2, 0.25) is 0 Å². The van der Waals surface area contributed by atoms with E-state index >= 15 is 0 Å². The third kappa shape index (κ3) is 5.17. The van der Waals surface area contributed by atoms with Gasteiger partial charge in [0.15, 0.2) is 5.13 Å². The topological polar surface area (TPSA) is 68.3 Å². The van der Waals surface area contributed by atoms with E-state index in [0.717, 1.165) is 22.4 Å². The number of hydrogen-bond donors (Lipinski definition) is 1. The Morgan fingerprint density at radius 2 is 1.86 bits per heavy atom. The number of hydrogen-bond acceptors (Lipinski definition) is 5. The van der Waals surface area contributed by atoms with Gasteiger partial charge in [-0.15, -0.1) is 11.3 Å². The van der Waals surface area contributed by atoms with Gasteiger partial charge in [-0.05, 0) is 46.4 Å². The molecule has 1 aliphatic rings. The largest absolute Gasteiger partial charge is 0.454 e. The van der Waals surface area contributed by atoms with Crippen LogP contribution in [0, 0.1) is 0 Å². The number of nitrogens with one attached hydrogen (secondary N) is 1. The molecule has 1 aliphatic heterocycles. The van der Waals surface area contributed by atoms with Gasteiger partial charge in [-0.25, -0.2) is 9.78 Å². The maximum Gasteiger partial charge on any atom is 0.339 e. The Morgan fingerprint density at radius 1 is 1.09 bits per heavy atom. The number of esters is 1. The van der Waals surface area contributed by atoms with E-state index in [-0.39, 0.29) is 18.0 Å². The van der Waals surface area contributed by atoms with Crippen molar-refractivity contribution < 1.29 is 14.3 Å². The van der Waals surface area contributed by atoms with Crippen LogP contribution < -0.4 is 5.32 Å². The lowest BCUT2D eigenvalue weighted by molar-refractivity contribution is 0.0252. The summed E-state index contributed by atoms with van der Waals surface area (Å²) in [6.07, 6.45) is 2.76. The Balaban J connectivity index is 1.27. The molecule has 0 spiro atoms. The van der Waals surface area contributed by atoms with E-state index in [1.165, 1.54) is 22.5 Å². The van der Waals surface area contributed by atoms with E-state index in [0.29, 0.717) is 28.6 Å². The highest BCUT2D eigenvalue weighted by Gasteiger charge is 2.28. The second-order valence-corrected chi connectivity index (χ2v) is 10.2. The number of carbonyl (C=O) groups is 2. The molecule has 0 aliphatic carbocycles. The number of nitrogens with zero attached hydrogens (tertiary/aromatic N) is 1. The van der Waals surface area contributed by atoms with Crippen LogP contribution in [0.3, 0.4) is 0 Å². The monoisotopic (exact) mass is 482 g/mol. The summed E-state index contributed by atoms with van der Waals surface area (Å²) in [5.41, 5.74) is 5.29. The number of thiazole rings is 1. The SMILES string of the molecule is CC(C)c1ccc(Cc2cnc(NC(=O)c3ccc4c(c3)C[C@@H](c3ccccc3)OC4=O)s2)cc1. The molecule has 1 aromatic heterocycles. The van der Waals surface area contributed by atoms with Gasteiger partial charge in [-0.3, -0.25) is 10.1 Å². The second-order valence-electron chi connectivity index (χ2n) is 9.04. The number of aromatic nitrogens is 1. The summed E-state index contributed by atoms with van der Waals surface area (Å²) < 4.78 is 5.62. The zero-order valence-corrected chi connectivity index (χ0v) is 20.5. The molecule has 0 saturated heterocycles. The van der Waals surface area contributed by atoms with Crippen molar-refractivity contribution in [2.24, 2.45) is 0 Å². The van der Waals surface area contributed by atoms with E-state index in [4.69, 9.17) is 4.74 Å². The summed E-state index contributed by atoms with van der Waals surface area (Å²) in [5.74, 6) is -0.101. The van der Waals surface area contributed by atoms with Crippen LogP contribution in [-0.2, 0) is 17.6 Å². The summed E-state index contributed by atoms with van der Waals surface area (Å²) in [4.78, 5) is 30.9. The van der Waals surface area contributed by atoms with E-state index in [1.807, 2.05) is 36.5 Å². The molecule has 2 heterocycles. The summed E-state index contributed by atoms with van der Waals surface area (Å²) in [7, 11) is 0. The molecule has 0 saturated carbocycles. The van der Waals surface area contributed by atoms with Crippen LogP contribution in [0.5, 0.6) is 0 Å². The average Bonchev–Trinajstić information content (AvgIpc) is 3.31. The number of anilines is 1. The van der Waals surface area contributed by atoms with Crippen LogP contribution in [0.1, 0.15) is 73.7 Å². The fourth-order valence-corrected chi connectivity index (χ4v) is 5.07. The Morgan fingerprint density at radius 3 is 2.60 bits per heavy atom. The maximum atomic E-state index is 12.9. The number of carbonyl (C=O) groups excluding carboxylic acids is 2. The van der Waals surface area contributed by atoms with Crippen molar-refractivity contribution >= 4 is 28.3 Å². The van der Waals surface area contributed by atoms with Gasteiger partial charge in [-0.1, -0.05) is 68.4 Å². The van der Waals surface area contributed by atoms with Gasteiger partial charge in [0.25, 0.3) is 5.91 Å². The number of ether oxygens (including phenoxy) is 1. The van der Waals surface area contributed by atoms with Crippen LogP contribution in [0.15, 0.2) is 79.0 Å². The van der Waals surface area contributed by atoms with Gasteiger partial charge in [0, 0.05) is 29.5 Å². The van der Waals surface area contributed by atoms with Crippen molar-refractivity contribution in [1.82, 2.24) is 4.98 Å². The van der Waals surface area contributed by atoms with E-state index in [9.17, 15) is 9.59 Å². The van der Waals surface area contributed by atoms with E-state index in [2.05, 4.69) is 48.4 Å². The molecule has 1 N–H and O–H groups in total. The van der Waals surface area contributed by atoms with Gasteiger partial charge in [0.1, 0.15) is 6.10 Å². The first-order valence-corrected chi connectivity index (χ1v) is 12.5. The first kappa shape index (κ1) is 23.0. The minimum Gasteiger partial charge on any atom is -0.454 e. The molecule has 176 valence electrons. The predicted octanol–water partition coefficient (Wildman–Crippen LogP) is 6.56. The molecule has 0 bridgehead atoms. The van der Waals surface area contributed by atoms with Crippen LogP contribution >= 0.6 is 11.3 Å². The third-order valence-electron chi connectivity index (χ3n) is 6.21. The summed E-state index contributed by atoms with van der Waals surface area (Å²) in [6.45, 7) is 4.37. The fourth-order valence-electron chi connectivity index (χ4n) is 4.23. The predicted molar refractivity (Wildman–Crippen MR) is 138 cm³/mol. The minimum atomic E-state index is -0.363. The molecule has 0 radical (unpaired) electrons. The van der Waals surface area contributed by atoms with Crippen molar-refractivity contribution in [3.63, 3.8) is 0 Å². The van der Waals surface area contributed by atoms with Crippen LogP contribution in [0.25, 0.3) is 0 Å².